The van der Waals surface area contributed by atoms with Crippen LogP contribution in [0.1, 0.15) is 52.4 Å². The molecular weight excluding hydrogens is 275 g/mol. The molecule has 0 saturated heterocycles. The van der Waals surface area contributed by atoms with Crippen molar-refractivity contribution in [2.75, 3.05) is 0 Å². The summed E-state index contributed by atoms with van der Waals surface area (Å²) < 4.78 is 1.97. The monoisotopic (exact) mass is 296 g/mol. The zero-order valence-electron chi connectivity index (χ0n) is 8.72. The van der Waals surface area contributed by atoms with E-state index in [1.807, 2.05) is 17.1 Å². The SMILES string of the molecule is CCCCCCC(C)(O)C/C=C/I. The minimum absolute atomic E-state index is 0.491. The molecule has 13 heavy (non-hydrogen) atoms. The number of hydrogen-bond donors (Lipinski definition) is 1. The van der Waals surface area contributed by atoms with Gasteiger partial charge < -0.3 is 5.11 Å². The highest BCUT2D eigenvalue weighted by atomic mass is 127. The van der Waals surface area contributed by atoms with Crippen LogP contribution in [0.2, 0.25) is 0 Å². The first-order valence-corrected chi connectivity index (χ1v) is 6.34. The Morgan fingerprint density at radius 2 is 2.00 bits per heavy atom. The van der Waals surface area contributed by atoms with Gasteiger partial charge in [-0.05, 0) is 23.8 Å². The summed E-state index contributed by atoms with van der Waals surface area (Å²) in [5, 5.41) is 9.89. The lowest BCUT2D eigenvalue weighted by molar-refractivity contribution is 0.0513. The van der Waals surface area contributed by atoms with Gasteiger partial charge in [-0.25, -0.2) is 0 Å². The second kappa shape index (κ2) is 7.80. The van der Waals surface area contributed by atoms with E-state index >= 15 is 0 Å². The largest absolute Gasteiger partial charge is 0.390 e. The number of unbranched alkanes of at least 4 members (excludes halogenated alkanes) is 3. The van der Waals surface area contributed by atoms with Gasteiger partial charge in [0, 0.05) is 0 Å². The minimum Gasteiger partial charge on any atom is -0.390 e. The van der Waals surface area contributed by atoms with Crippen molar-refractivity contribution in [1.29, 1.82) is 0 Å². The molecule has 0 aromatic heterocycles. The summed E-state index contributed by atoms with van der Waals surface area (Å²) >= 11 is 2.19. The first kappa shape index (κ1) is 13.4. The van der Waals surface area contributed by atoms with E-state index in [-0.39, 0.29) is 0 Å². The zero-order valence-corrected chi connectivity index (χ0v) is 10.9. The average molecular weight is 296 g/mol. The average Bonchev–Trinajstić information content (AvgIpc) is 2.09. The van der Waals surface area contributed by atoms with Crippen molar-refractivity contribution >= 4 is 22.6 Å². The molecule has 0 heterocycles. The first-order valence-electron chi connectivity index (χ1n) is 5.10. The van der Waals surface area contributed by atoms with Crippen molar-refractivity contribution in [3.8, 4) is 0 Å². The second-order valence-corrected chi connectivity index (χ2v) is 4.59. The standard InChI is InChI=1S/C11H21IO/c1-3-4-5-6-8-11(2,13)9-7-10-12/h7,10,13H,3-6,8-9H2,1-2H3/b10-7+. The molecule has 0 saturated carbocycles. The van der Waals surface area contributed by atoms with Gasteiger partial charge >= 0.3 is 0 Å². The van der Waals surface area contributed by atoms with E-state index in [4.69, 9.17) is 0 Å². The lowest BCUT2D eigenvalue weighted by Gasteiger charge is -2.21. The summed E-state index contributed by atoms with van der Waals surface area (Å²) in [6.07, 6.45) is 8.68. The molecule has 0 amide bonds. The lowest BCUT2D eigenvalue weighted by atomic mass is 9.95. The molecule has 0 rings (SSSR count). The van der Waals surface area contributed by atoms with E-state index in [1.54, 1.807) is 0 Å². The van der Waals surface area contributed by atoms with Crippen LogP contribution in [0.3, 0.4) is 0 Å². The van der Waals surface area contributed by atoms with Crippen LogP contribution in [0, 0.1) is 0 Å². The van der Waals surface area contributed by atoms with Gasteiger partial charge in [-0.2, -0.15) is 0 Å². The predicted molar refractivity (Wildman–Crippen MR) is 67.2 cm³/mol. The van der Waals surface area contributed by atoms with Crippen LogP contribution in [0.25, 0.3) is 0 Å². The van der Waals surface area contributed by atoms with Gasteiger partial charge in [-0.15, -0.1) is 0 Å². The second-order valence-electron chi connectivity index (χ2n) is 3.87. The molecule has 0 radical (unpaired) electrons. The summed E-state index contributed by atoms with van der Waals surface area (Å²) in [6, 6.07) is 0. The van der Waals surface area contributed by atoms with Crippen LogP contribution in [-0.2, 0) is 0 Å². The van der Waals surface area contributed by atoms with E-state index in [0.29, 0.717) is 0 Å². The molecule has 78 valence electrons. The molecule has 0 aromatic rings. The summed E-state index contributed by atoms with van der Waals surface area (Å²) in [6.45, 7) is 4.13. The van der Waals surface area contributed by atoms with Crippen molar-refractivity contribution in [2.45, 2.75) is 58.0 Å². The van der Waals surface area contributed by atoms with Crippen molar-refractivity contribution in [3.05, 3.63) is 10.2 Å². The quantitative estimate of drug-likeness (QED) is 0.555. The van der Waals surface area contributed by atoms with Gasteiger partial charge in [0.15, 0.2) is 0 Å². The topological polar surface area (TPSA) is 20.2 Å². The minimum atomic E-state index is -0.491. The van der Waals surface area contributed by atoms with Crippen molar-refractivity contribution in [1.82, 2.24) is 0 Å². The summed E-state index contributed by atoms with van der Waals surface area (Å²) in [4.78, 5) is 0. The maximum absolute atomic E-state index is 9.89. The van der Waals surface area contributed by atoms with Gasteiger partial charge in [0.25, 0.3) is 0 Å². The van der Waals surface area contributed by atoms with E-state index in [1.165, 1.54) is 19.3 Å². The Balaban J connectivity index is 3.50. The van der Waals surface area contributed by atoms with Gasteiger partial charge in [0.2, 0.25) is 0 Å². The fourth-order valence-corrected chi connectivity index (χ4v) is 1.59. The van der Waals surface area contributed by atoms with E-state index in [2.05, 4.69) is 29.5 Å². The molecule has 0 bridgehead atoms. The number of aliphatic hydroxyl groups is 1. The summed E-state index contributed by atoms with van der Waals surface area (Å²) in [5.74, 6) is 0. The summed E-state index contributed by atoms with van der Waals surface area (Å²) in [7, 11) is 0. The Morgan fingerprint density at radius 1 is 1.31 bits per heavy atom. The third kappa shape index (κ3) is 8.75. The van der Waals surface area contributed by atoms with Crippen LogP contribution in [0.15, 0.2) is 10.2 Å². The highest BCUT2D eigenvalue weighted by Crippen LogP contribution is 2.19. The Morgan fingerprint density at radius 3 is 2.54 bits per heavy atom. The molecule has 2 heteroatoms. The van der Waals surface area contributed by atoms with Gasteiger partial charge in [-0.1, -0.05) is 61.3 Å². The van der Waals surface area contributed by atoms with Gasteiger partial charge in [-0.3, -0.25) is 0 Å². The van der Waals surface area contributed by atoms with E-state index in [0.717, 1.165) is 19.3 Å². The molecule has 0 aliphatic carbocycles. The fourth-order valence-electron chi connectivity index (χ4n) is 1.33. The zero-order chi connectivity index (χ0) is 10.2. The molecule has 0 spiro atoms. The third-order valence-corrected chi connectivity index (χ3v) is 2.72. The number of rotatable bonds is 7. The van der Waals surface area contributed by atoms with Crippen LogP contribution in [-0.4, -0.2) is 10.7 Å². The Kier molecular flexibility index (Phi) is 8.06. The predicted octanol–water partition coefficient (Wildman–Crippen LogP) is 4.05. The normalized spacial score (nSPS) is 16.3. The highest BCUT2D eigenvalue weighted by molar-refractivity contribution is 14.1. The maximum Gasteiger partial charge on any atom is 0.0654 e. The molecule has 0 aliphatic heterocycles. The summed E-state index contributed by atoms with van der Waals surface area (Å²) in [5.41, 5.74) is -0.491. The number of hydrogen-bond acceptors (Lipinski definition) is 1. The molecule has 1 N–H and O–H groups in total. The Hall–Kier alpha value is 0.430. The molecule has 1 nitrogen and oxygen atoms in total. The number of halogens is 1. The van der Waals surface area contributed by atoms with E-state index in [9.17, 15) is 5.11 Å². The highest BCUT2D eigenvalue weighted by Gasteiger charge is 2.17. The van der Waals surface area contributed by atoms with Crippen LogP contribution < -0.4 is 0 Å². The Bertz CT molecular complexity index is 141. The molecular formula is C11H21IO. The van der Waals surface area contributed by atoms with Crippen molar-refractivity contribution in [3.63, 3.8) is 0 Å². The molecule has 0 fully saturated rings. The first-order chi connectivity index (χ1) is 6.12. The van der Waals surface area contributed by atoms with Gasteiger partial charge in [0.1, 0.15) is 0 Å². The van der Waals surface area contributed by atoms with E-state index < -0.39 is 5.60 Å². The lowest BCUT2D eigenvalue weighted by Crippen LogP contribution is -2.22. The van der Waals surface area contributed by atoms with Gasteiger partial charge in [0.05, 0.1) is 5.60 Å². The van der Waals surface area contributed by atoms with Crippen LogP contribution in [0.5, 0.6) is 0 Å². The maximum atomic E-state index is 9.89. The fraction of sp³-hybridized carbons (Fsp3) is 0.818. The molecule has 1 unspecified atom stereocenters. The van der Waals surface area contributed by atoms with Crippen molar-refractivity contribution in [2.24, 2.45) is 0 Å². The van der Waals surface area contributed by atoms with Crippen LogP contribution >= 0.6 is 22.6 Å². The molecule has 1 atom stereocenters. The molecule has 0 aliphatic rings. The third-order valence-electron chi connectivity index (χ3n) is 2.22. The van der Waals surface area contributed by atoms with Crippen LogP contribution in [0.4, 0.5) is 0 Å². The smallest absolute Gasteiger partial charge is 0.0654 e. The Labute approximate surface area is 95.8 Å². The molecule has 0 aromatic carbocycles. The van der Waals surface area contributed by atoms with Crippen molar-refractivity contribution < 1.29 is 5.11 Å².